The van der Waals surface area contributed by atoms with E-state index in [4.69, 9.17) is 28.5 Å². The fourth-order valence-electron chi connectivity index (χ4n) is 1.63. The molecule has 0 unspecified atom stereocenters. The Morgan fingerprint density at radius 3 is 2.63 bits per heavy atom. The van der Waals surface area contributed by atoms with Gasteiger partial charge in [-0.2, -0.15) is 5.26 Å². The molecule has 2 rings (SSSR count). The third-order valence-corrected chi connectivity index (χ3v) is 3.20. The average molecular weight is 295 g/mol. The number of hydrogen-bond acceptors (Lipinski definition) is 2. The average Bonchev–Trinajstić information content (AvgIpc) is 2.40. The van der Waals surface area contributed by atoms with Gasteiger partial charge in [-0.05, 0) is 29.8 Å². The highest BCUT2D eigenvalue weighted by atomic mass is 35.5. The van der Waals surface area contributed by atoms with Crippen molar-refractivity contribution in [1.29, 1.82) is 5.26 Å². The molecule has 0 heterocycles. The second-order valence-electron chi connectivity index (χ2n) is 3.88. The highest BCUT2D eigenvalue weighted by molar-refractivity contribution is 6.32. The van der Waals surface area contributed by atoms with Crippen molar-refractivity contribution >= 4 is 28.9 Å². The SMILES string of the molecule is N#Cc1c(Cl)cccc1NCc1ccc(F)c(Cl)c1. The summed E-state index contributed by atoms with van der Waals surface area (Å²) in [5, 5.41) is 12.6. The molecule has 0 aliphatic carbocycles. The summed E-state index contributed by atoms with van der Waals surface area (Å²) in [6.45, 7) is 0.426. The number of rotatable bonds is 3. The van der Waals surface area contributed by atoms with Gasteiger partial charge >= 0.3 is 0 Å². The van der Waals surface area contributed by atoms with Gasteiger partial charge in [-0.15, -0.1) is 0 Å². The lowest BCUT2D eigenvalue weighted by Gasteiger charge is -2.09. The Kier molecular flexibility index (Phi) is 4.26. The molecule has 96 valence electrons. The lowest BCUT2D eigenvalue weighted by molar-refractivity contribution is 0.627. The maximum absolute atomic E-state index is 13.0. The van der Waals surface area contributed by atoms with Crippen LogP contribution >= 0.6 is 23.2 Å². The number of anilines is 1. The van der Waals surface area contributed by atoms with Gasteiger partial charge in [0, 0.05) is 6.54 Å². The molecule has 1 N–H and O–H groups in total. The quantitative estimate of drug-likeness (QED) is 0.897. The Hall–Kier alpha value is -1.76. The molecule has 0 atom stereocenters. The van der Waals surface area contributed by atoms with Crippen LogP contribution in [0.5, 0.6) is 0 Å². The van der Waals surface area contributed by atoms with E-state index in [1.54, 1.807) is 30.3 Å². The molecule has 0 aliphatic heterocycles. The fourth-order valence-corrected chi connectivity index (χ4v) is 2.05. The van der Waals surface area contributed by atoms with Crippen LogP contribution in [0.25, 0.3) is 0 Å². The van der Waals surface area contributed by atoms with Gasteiger partial charge in [0.15, 0.2) is 0 Å². The zero-order valence-corrected chi connectivity index (χ0v) is 11.3. The first-order valence-electron chi connectivity index (χ1n) is 5.48. The van der Waals surface area contributed by atoms with Crippen LogP contribution in [-0.2, 0) is 6.54 Å². The molecule has 0 amide bonds. The first-order valence-corrected chi connectivity index (χ1v) is 6.24. The molecule has 5 heteroatoms. The minimum atomic E-state index is -0.453. The van der Waals surface area contributed by atoms with Crippen LogP contribution in [0.1, 0.15) is 11.1 Å². The zero-order chi connectivity index (χ0) is 13.8. The summed E-state index contributed by atoms with van der Waals surface area (Å²) < 4.78 is 13.0. The standard InChI is InChI=1S/C14H9Cl2FN2/c15-11-2-1-3-14(10(11)7-18)19-8-9-4-5-13(17)12(16)6-9/h1-6,19H,8H2. The third kappa shape index (κ3) is 3.17. The molecule has 0 bridgehead atoms. The van der Waals surface area contributed by atoms with Crippen molar-refractivity contribution in [2.75, 3.05) is 5.32 Å². The summed E-state index contributed by atoms with van der Waals surface area (Å²) in [7, 11) is 0. The van der Waals surface area contributed by atoms with E-state index < -0.39 is 5.82 Å². The summed E-state index contributed by atoms with van der Waals surface area (Å²) in [6, 6.07) is 11.7. The molecule has 19 heavy (non-hydrogen) atoms. The molecule has 2 nitrogen and oxygen atoms in total. The maximum Gasteiger partial charge on any atom is 0.141 e. The Labute approximate surface area is 120 Å². The number of benzene rings is 2. The second kappa shape index (κ2) is 5.92. The summed E-state index contributed by atoms with van der Waals surface area (Å²) in [5.74, 6) is -0.453. The second-order valence-corrected chi connectivity index (χ2v) is 4.69. The van der Waals surface area contributed by atoms with Crippen molar-refractivity contribution < 1.29 is 4.39 Å². The van der Waals surface area contributed by atoms with Crippen LogP contribution in [0.4, 0.5) is 10.1 Å². The number of nitriles is 1. The smallest absolute Gasteiger partial charge is 0.141 e. The number of nitrogens with zero attached hydrogens (tertiary/aromatic N) is 1. The molecule has 2 aromatic carbocycles. The maximum atomic E-state index is 13.0. The van der Waals surface area contributed by atoms with E-state index in [2.05, 4.69) is 5.32 Å². The molecule has 0 fully saturated rings. The molecule has 0 saturated carbocycles. The molecular weight excluding hydrogens is 286 g/mol. The van der Waals surface area contributed by atoms with E-state index in [1.807, 2.05) is 6.07 Å². The van der Waals surface area contributed by atoms with E-state index in [0.717, 1.165) is 5.56 Å². The third-order valence-electron chi connectivity index (χ3n) is 2.59. The first kappa shape index (κ1) is 13.7. The molecule has 0 spiro atoms. The summed E-state index contributed by atoms with van der Waals surface area (Å²) >= 11 is 11.6. The normalized spacial score (nSPS) is 10.0. The van der Waals surface area contributed by atoms with Crippen molar-refractivity contribution in [3.63, 3.8) is 0 Å². The number of nitrogens with one attached hydrogen (secondary N) is 1. The van der Waals surface area contributed by atoms with Crippen LogP contribution < -0.4 is 5.32 Å². The fraction of sp³-hybridized carbons (Fsp3) is 0.0714. The van der Waals surface area contributed by atoms with Gasteiger partial charge in [0.25, 0.3) is 0 Å². The molecule has 0 radical (unpaired) electrons. The Morgan fingerprint density at radius 1 is 1.16 bits per heavy atom. The van der Waals surface area contributed by atoms with Crippen LogP contribution in [0.3, 0.4) is 0 Å². The topological polar surface area (TPSA) is 35.8 Å². The number of halogens is 3. The Bertz CT molecular complexity index is 650. The lowest BCUT2D eigenvalue weighted by atomic mass is 10.1. The van der Waals surface area contributed by atoms with E-state index in [-0.39, 0.29) is 5.02 Å². The van der Waals surface area contributed by atoms with Crippen LogP contribution in [0.2, 0.25) is 10.0 Å². The summed E-state index contributed by atoms with van der Waals surface area (Å²) in [4.78, 5) is 0. The zero-order valence-electron chi connectivity index (χ0n) is 9.75. The van der Waals surface area contributed by atoms with Crippen molar-refractivity contribution in [2.45, 2.75) is 6.54 Å². The lowest BCUT2D eigenvalue weighted by Crippen LogP contribution is -2.01. The van der Waals surface area contributed by atoms with Gasteiger partial charge in [0.05, 0.1) is 21.3 Å². The van der Waals surface area contributed by atoms with Crippen molar-refractivity contribution in [3.8, 4) is 6.07 Å². The monoisotopic (exact) mass is 294 g/mol. The van der Waals surface area contributed by atoms with Crippen molar-refractivity contribution in [2.24, 2.45) is 0 Å². The molecule has 0 aliphatic rings. The molecule has 2 aromatic rings. The molecular formula is C14H9Cl2FN2. The highest BCUT2D eigenvalue weighted by Gasteiger charge is 2.06. The van der Waals surface area contributed by atoms with Crippen molar-refractivity contribution in [1.82, 2.24) is 0 Å². The van der Waals surface area contributed by atoms with Gasteiger partial charge in [-0.25, -0.2) is 4.39 Å². The van der Waals surface area contributed by atoms with Crippen LogP contribution in [-0.4, -0.2) is 0 Å². The van der Waals surface area contributed by atoms with Crippen LogP contribution in [0, 0.1) is 17.1 Å². The van der Waals surface area contributed by atoms with Crippen LogP contribution in [0.15, 0.2) is 36.4 Å². The minimum Gasteiger partial charge on any atom is -0.380 e. The summed E-state index contributed by atoms with van der Waals surface area (Å²) in [5.41, 5.74) is 1.84. The minimum absolute atomic E-state index is 0.0749. The first-order chi connectivity index (χ1) is 9.11. The van der Waals surface area contributed by atoms with Crippen molar-refractivity contribution in [3.05, 3.63) is 63.4 Å². The van der Waals surface area contributed by atoms with Gasteiger partial charge in [0.1, 0.15) is 11.9 Å². The van der Waals surface area contributed by atoms with Gasteiger partial charge in [-0.3, -0.25) is 0 Å². The Balaban J connectivity index is 2.17. The Morgan fingerprint density at radius 2 is 1.95 bits per heavy atom. The van der Waals surface area contributed by atoms with E-state index in [9.17, 15) is 4.39 Å². The highest BCUT2D eigenvalue weighted by Crippen LogP contribution is 2.24. The predicted molar refractivity (Wildman–Crippen MR) is 74.9 cm³/mol. The molecule has 0 aromatic heterocycles. The van der Waals surface area contributed by atoms with Gasteiger partial charge in [-0.1, -0.05) is 35.3 Å². The number of hydrogen-bond donors (Lipinski definition) is 1. The predicted octanol–water partition coefficient (Wildman–Crippen LogP) is 4.62. The van der Waals surface area contributed by atoms with Gasteiger partial charge in [0.2, 0.25) is 0 Å². The van der Waals surface area contributed by atoms with E-state index in [0.29, 0.717) is 22.8 Å². The molecule has 0 saturated heterocycles. The van der Waals surface area contributed by atoms with Gasteiger partial charge < -0.3 is 5.32 Å². The summed E-state index contributed by atoms with van der Waals surface area (Å²) in [6.07, 6.45) is 0. The van der Waals surface area contributed by atoms with E-state index >= 15 is 0 Å². The van der Waals surface area contributed by atoms with E-state index in [1.165, 1.54) is 6.07 Å². The largest absolute Gasteiger partial charge is 0.380 e.